The third-order valence-electron chi connectivity index (χ3n) is 10.9. The van der Waals surface area contributed by atoms with Crippen LogP contribution in [0.4, 0.5) is 0 Å². The lowest BCUT2D eigenvalue weighted by atomic mass is 9.84. The maximum absolute atomic E-state index is 11.6. The molecule has 2 heterocycles. The van der Waals surface area contributed by atoms with Crippen LogP contribution in [-0.2, 0) is 41.6 Å². The van der Waals surface area contributed by atoms with Crippen molar-refractivity contribution >= 4 is 21.5 Å². The van der Waals surface area contributed by atoms with Gasteiger partial charge < -0.3 is 76.9 Å². The Balaban J connectivity index is 1.06. The predicted octanol–water partition coefficient (Wildman–Crippen LogP) is -0.536. The van der Waals surface area contributed by atoms with Gasteiger partial charge >= 0.3 is 0 Å². The summed E-state index contributed by atoms with van der Waals surface area (Å²) < 4.78 is 36.7. The Morgan fingerprint density at radius 3 is 1.67 bits per heavy atom. The lowest BCUT2D eigenvalue weighted by Crippen LogP contribution is -2.68. The molecule has 3 fully saturated rings. The summed E-state index contributed by atoms with van der Waals surface area (Å²) in [5.74, 6) is 0. The number of hydrogen-bond donors (Lipinski definition) is 9. The molecule has 2 saturated heterocycles. The van der Waals surface area contributed by atoms with Crippen molar-refractivity contribution in [2.45, 2.75) is 111 Å². The molecule has 0 amide bonds. The van der Waals surface area contributed by atoms with Crippen molar-refractivity contribution in [2.24, 2.45) is 22.9 Å². The van der Waals surface area contributed by atoms with Gasteiger partial charge in [0.1, 0.15) is 61.0 Å². The van der Waals surface area contributed by atoms with E-state index in [1.165, 1.54) is 0 Å². The molecule has 2 aliphatic heterocycles. The second kappa shape index (κ2) is 17.5. The number of benzene rings is 4. The van der Waals surface area contributed by atoms with Crippen LogP contribution in [0.25, 0.3) is 21.5 Å². The first-order chi connectivity index (χ1) is 26.5. The predicted molar refractivity (Wildman–Crippen MR) is 201 cm³/mol. The van der Waals surface area contributed by atoms with Gasteiger partial charge in [-0.3, -0.25) is 0 Å². The highest BCUT2D eigenvalue weighted by Crippen LogP contribution is 2.32. The van der Waals surface area contributed by atoms with Crippen molar-refractivity contribution in [3.63, 3.8) is 0 Å². The normalized spacial score (nSPS) is 37.0. The van der Waals surface area contributed by atoms with E-state index in [1.807, 2.05) is 78.9 Å². The Hall–Kier alpha value is -3.20. The van der Waals surface area contributed by atoms with E-state index in [-0.39, 0.29) is 32.8 Å². The summed E-state index contributed by atoms with van der Waals surface area (Å²) in [6, 6.07) is 25.4. The second-order valence-corrected chi connectivity index (χ2v) is 14.8. The van der Waals surface area contributed by atoms with Crippen LogP contribution >= 0.6 is 0 Å². The summed E-state index contributed by atoms with van der Waals surface area (Å²) in [6.07, 6.45) is -15.5. The van der Waals surface area contributed by atoms with E-state index in [2.05, 4.69) is 6.07 Å². The number of nitrogens with two attached hydrogens (primary N) is 4. The summed E-state index contributed by atoms with van der Waals surface area (Å²) in [7, 11) is 0. The van der Waals surface area contributed by atoms with Crippen LogP contribution < -0.4 is 22.9 Å². The molecule has 7 rings (SSSR count). The molecule has 0 unspecified atom stereocenters. The minimum atomic E-state index is -1.67. The molecule has 0 bridgehead atoms. The van der Waals surface area contributed by atoms with Gasteiger partial charge in [-0.2, -0.15) is 0 Å². The fourth-order valence-electron chi connectivity index (χ4n) is 7.73. The third-order valence-corrected chi connectivity index (χ3v) is 10.9. The molecule has 15 atom stereocenters. The number of fused-ring (bicyclic) bond motifs is 2. The molecule has 1 aliphatic carbocycles. The number of ether oxygens (including phenoxy) is 6. The van der Waals surface area contributed by atoms with E-state index >= 15 is 0 Å². The van der Waals surface area contributed by atoms with Crippen LogP contribution in [0.5, 0.6) is 0 Å². The summed E-state index contributed by atoms with van der Waals surface area (Å²) in [5, 5.41) is 58.6. The average molecular weight is 765 g/mol. The second-order valence-electron chi connectivity index (χ2n) is 14.8. The van der Waals surface area contributed by atoms with Crippen LogP contribution in [-0.4, -0.2) is 130 Å². The third kappa shape index (κ3) is 8.72. The Bertz CT molecular complexity index is 1870. The molecule has 55 heavy (non-hydrogen) atoms. The van der Waals surface area contributed by atoms with Gasteiger partial charge in [0.15, 0.2) is 12.6 Å². The zero-order valence-electron chi connectivity index (χ0n) is 30.3. The van der Waals surface area contributed by atoms with Crippen molar-refractivity contribution in [2.75, 3.05) is 13.2 Å². The summed E-state index contributed by atoms with van der Waals surface area (Å²) in [4.78, 5) is 0. The van der Waals surface area contributed by atoms with Crippen LogP contribution in [0.2, 0.25) is 0 Å². The molecular formula is C40H52N4O11. The molecular weight excluding hydrogens is 712 g/mol. The van der Waals surface area contributed by atoms with Gasteiger partial charge in [-0.15, -0.1) is 0 Å². The molecule has 1 saturated carbocycles. The number of aliphatic hydroxyl groups excluding tert-OH is 5. The SMILES string of the molecule is NC[C@H]1O[C@H](O[C@H]2[C@H](O)[C@@H](O[C@@H]3O[C@H](COCc4ccc5ccccc5c4)[C@@H](OCc4ccc5ccccc5c4)[C@H](N)[C@H]3O)[C@H](N)C[C@@H]2N)[C@H](O)[C@@H](O)[C@@H]1O. The zero-order valence-corrected chi connectivity index (χ0v) is 30.3. The van der Waals surface area contributed by atoms with Crippen molar-refractivity contribution < 1.29 is 54.0 Å². The van der Waals surface area contributed by atoms with Gasteiger partial charge in [0.2, 0.25) is 0 Å². The van der Waals surface area contributed by atoms with Crippen LogP contribution in [0, 0.1) is 0 Å². The highest BCUT2D eigenvalue weighted by Gasteiger charge is 2.52. The molecule has 4 aromatic rings. The van der Waals surface area contributed by atoms with E-state index in [0.717, 1.165) is 32.7 Å². The molecule has 0 radical (unpaired) electrons. The van der Waals surface area contributed by atoms with Crippen molar-refractivity contribution in [3.05, 3.63) is 96.1 Å². The van der Waals surface area contributed by atoms with Crippen molar-refractivity contribution in [1.29, 1.82) is 0 Å². The lowest BCUT2D eigenvalue weighted by molar-refractivity contribution is -0.334. The fourth-order valence-corrected chi connectivity index (χ4v) is 7.73. The first-order valence-electron chi connectivity index (χ1n) is 18.7. The molecule has 0 spiro atoms. The van der Waals surface area contributed by atoms with E-state index in [4.69, 9.17) is 51.4 Å². The van der Waals surface area contributed by atoms with E-state index in [9.17, 15) is 25.5 Å². The first-order valence-corrected chi connectivity index (χ1v) is 18.7. The summed E-state index contributed by atoms with van der Waals surface area (Å²) >= 11 is 0. The van der Waals surface area contributed by atoms with Gasteiger partial charge in [0, 0.05) is 18.6 Å². The molecule has 3 aliphatic rings. The maximum Gasteiger partial charge on any atom is 0.187 e. The van der Waals surface area contributed by atoms with E-state index in [1.54, 1.807) is 0 Å². The van der Waals surface area contributed by atoms with Gasteiger partial charge in [0.05, 0.1) is 25.9 Å². The lowest BCUT2D eigenvalue weighted by Gasteiger charge is -2.48. The van der Waals surface area contributed by atoms with E-state index < -0.39 is 91.7 Å². The smallest absolute Gasteiger partial charge is 0.187 e. The van der Waals surface area contributed by atoms with Gasteiger partial charge in [-0.1, -0.05) is 72.8 Å². The minimum Gasteiger partial charge on any atom is -0.388 e. The van der Waals surface area contributed by atoms with Gasteiger partial charge in [0.25, 0.3) is 0 Å². The Kier molecular flexibility index (Phi) is 12.7. The Morgan fingerprint density at radius 2 is 1.09 bits per heavy atom. The maximum atomic E-state index is 11.6. The molecule has 13 N–H and O–H groups in total. The van der Waals surface area contributed by atoms with Crippen molar-refractivity contribution in [1.82, 2.24) is 0 Å². The molecule has 15 heteroatoms. The Morgan fingerprint density at radius 1 is 0.564 bits per heavy atom. The molecule has 0 aromatic heterocycles. The summed E-state index contributed by atoms with van der Waals surface area (Å²) in [6.45, 7) is 0.304. The average Bonchev–Trinajstić information content (AvgIpc) is 3.19. The zero-order chi connectivity index (χ0) is 38.8. The van der Waals surface area contributed by atoms with Crippen molar-refractivity contribution in [3.8, 4) is 0 Å². The molecule has 4 aromatic carbocycles. The Labute approximate surface area is 318 Å². The largest absolute Gasteiger partial charge is 0.388 e. The summed E-state index contributed by atoms with van der Waals surface area (Å²) in [5.41, 5.74) is 27.0. The highest BCUT2D eigenvalue weighted by molar-refractivity contribution is 5.83. The van der Waals surface area contributed by atoms with E-state index in [0.29, 0.717) is 0 Å². The first kappa shape index (κ1) is 40.0. The van der Waals surface area contributed by atoms with Crippen LogP contribution in [0.15, 0.2) is 84.9 Å². The quantitative estimate of drug-likeness (QED) is 0.0878. The topological polar surface area (TPSA) is 261 Å². The highest BCUT2D eigenvalue weighted by atomic mass is 16.7. The monoisotopic (exact) mass is 764 g/mol. The number of rotatable bonds is 12. The van der Waals surface area contributed by atoms with Crippen LogP contribution in [0.3, 0.4) is 0 Å². The number of hydrogen-bond acceptors (Lipinski definition) is 15. The minimum absolute atomic E-state index is 0.0266. The fraction of sp³-hybridized carbons (Fsp3) is 0.500. The molecule has 298 valence electrons. The van der Waals surface area contributed by atoms with Gasteiger partial charge in [-0.25, -0.2) is 0 Å². The molecule has 15 nitrogen and oxygen atoms in total. The van der Waals surface area contributed by atoms with Gasteiger partial charge in [-0.05, 0) is 51.2 Å². The number of aliphatic hydroxyl groups is 5. The standard InChI is InChI=1S/C40H52N4O11/c41-16-28-31(45)33(47)34(48)40(52-28)55-37-27(43)15-26(42)36(35(37)49)54-39-32(46)30(44)38(51-18-21-10-12-23-6-2-4-8-25(23)14-21)29(53-39)19-50-17-20-9-11-22-5-1-3-7-24(22)13-20/h1-14,26-40,45-49H,15-19,41-44H2/t26-,27+,28-,29-,30-,31-,32-,33+,34-,35-,36+,37-,38-,39+,40-/m1/s1. The van der Waals surface area contributed by atoms with Crippen LogP contribution in [0.1, 0.15) is 17.5 Å².